The molecule has 0 unspecified atom stereocenters. The van der Waals surface area contributed by atoms with Crippen LogP contribution in [0.3, 0.4) is 0 Å². The molecule has 2 N–H and O–H groups in total. The Morgan fingerprint density at radius 1 is 1.35 bits per heavy atom. The van der Waals surface area contributed by atoms with Gasteiger partial charge in [-0.05, 0) is 44.7 Å². The molecule has 1 aromatic heterocycles. The monoisotopic (exact) mass is 278 g/mol. The summed E-state index contributed by atoms with van der Waals surface area (Å²) >= 11 is 0. The van der Waals surface area contributed by atoms with Crippen molar-refractivity contribution in [2.75, 3.05) is 18.6 Å². The van der Waals surface area contributed by atoms with E-state index in [2.05, 4.69) is 26.8 Å². The molecule has 0 radical (unpaired) electrons. The number of hydrogen-bond acceptors (Lipinski definition) is 6. The average Bonchev–Trinajstić information content (AvgIpc) is 2.50. The SMILES string of the molecule is CCN(c1ccc(C(=O)OC)nn1)C1CCC(N)CC1. The van der Waals surface area contributed by atoms with Crippen molar-refractivity contribution >= 4 is 11.8 Å². The number of nitrogens with two attached hydrogens (primary N) is 1. The Morgan fingerprint density at radius 2 is 2.05 bits per heavy atom. The molecule has 0 atom stereocenters. The molecular formula is C14H22N4O2. The van der Waals surface area contributed by atoms with Gasteiger partial charge in [0, 0.05) is 18.6 Å². The van der Waals surface area contributed by atoms with Crippen molar-refractivity contribution in [3.8, 4) is 0 Å². The van der Waals surface area contributed by atoms with E-state index >= 15 is 0 Å². The van der Waals surface area contributed by atoms with E-state index in [0.29, 0.717) is 12.1 Å². The van der Waals surface area contributed by atoms with Crippen LogP contribution >= 0.6 is 0 Å². The van der Waals surface area contributed by atoms with Crippen molar-refractivity contribution in [2.45, 2.75) is 44.7 Å². The number of aromatic nitrogens is 2. The Kier molecular flexibility index (Phi) is 4.89. The summed E-state index contributed by atoms with van der Waals surface area (Å²) in [6.07, 6.45) is 4.26. The maximum absolute atomic E-state index is 11.3. The fourth-order valence-corrected chi connectivity index (χ4v) is 2.71. The van der Waals surface area contributed by atoms with Crippen LogP contribution in [0.5, 0.6) is 0 Å². The number of carbonyl (C=O) groups is 1. The normalized spacial score (nSPS) is 22.4. The van der Waals surface area contributed by atoms with Gasteiger partial charge in [0.2, 0.25) is 0 Å². The van der Waals surface area contributed by atoms with Crippen molar-refractivity contribution in [3.63, 3.8) is 0 Å². The molecule has 1 heterocycles. The lowest BCUT2D eigenvalue weighted by Crippen LogP contribution is -2.41. The number of rotatable bonds is 4. The fourth-order valence-electron chi connectivity index (χ4n) is 2.71. The molecule has 0 spiro atoms. The molecule has 0 bridgehead atoms. The van der Waals surface area contributed by atoms with Crippen LogP contribution in [0.2, 0.25) is 0 Å². The van der Waals surface area contributed by atoms with Gasteiger partial charge in [-0.15, -0.1) is 10.2 Å². The van der Waals surface area contributed by atoms with Gasteiger partial charge in [-0.1, -0.05) is 0 Å². The third-order valence-corrected chi connectivity index (χ3v) is 3.86. The van der Waals surface area contributed by atoms with Crippen LogP contribution in [0.15, 0.2) is 12.1 Å². The van der Waals surface area contributed by atoms with E-state index in [0.717, 1.165) is 38.0 Å². The molecule has 0 amide bonds. The van der Waals surface area contributed by atoms with Gasteiger partial charge in [-0.2, -0.15) is 0 Å². The van der Waals surface area contributed by atoms with E-state index in [1.807, 2.05) is 6.07 Å². The molecule has 1 aliphatic carbocycles. The fraction of sp³-hybridized carbons (Fsp3) is 0.643. The van der Waals surface area contributed by atoms with E-state index in [1.54, 1.807) is 6.07 Å². The minimum atomic E-state index is -0.462. The van der Waals surface area contributed by atoms with E-state index < -0.39 is 5.97 Å². The lowest BCUT2D eigenvalue weighted by atomic mass is 9.91. The number of hydrogen-bond donors (Lipinski definition) is 1. The molecule has 0 aliphatic heterocycles. The highest BCUT2D eigenvalue weighted by atomic mass is 16.5. The van der Waals surface area contributed by atoms with E-state index in [-0.39, 0.29) is 5.69 Å². The number of anilines is 1. The number of methoxy groups -OCH3 is 1. The number of esters is 1. The van der Waals surface area contributed by atoms with Crippen molar-refractivity contribution in [1.82, 2.24) is 10.2 Å². The topological polar surface area (TPSA) is 81.3 Å². The third kappa shape index (κ3) is 3.25. The maximum atomic E-state index is 11.3. The van der Waals surface area contributed by atoms with E-state index in [1.165, 1.54) is 7.11 Å². The summed E-state index contributed by atoms with van der Waals surface area (Å²) < 4.78 is 4.62. The van der Waals surface area contributed by atoms with Gasteiger partial charge in [0.05, 0.1) is 7.11 Å². The van der Waals surface area contributed by atoms with Gasteiger partial charge in [-0.3, -0.25) is 0 Å². The minimum absolute atomic E-state index is 0.234. The first kappa shape index (κ1) is 14.7. The van der Waals surface area contributed by atoms with Crippen LogP contribution < -0.4 is 10.6 Å². The molecule has 2 rings (SSSR count). The Hall–Kier alpha value is -1.69. The second kappa shape index (κ2) is 6.65. The molecule has 110 valence electrons. The van der Waals surface area contributed by atoms with Crippen LogP contribution in [-0.2, 0) is 4.74 Å². The van der Waals surface area contributed by atoms with Crippen LogP contribution in [0, 0.1) is 0 Å². The molecule has 1 saturated carbocycles. The summed E-state index contributed by atoms with van der Waals surface area (Å²) in [5.41, 5.74) is 6.18. The van der Waals surface area contributed by atoms with Crippen LogP contribution in [-0.4, -0.2) is 41.9 Å². The van der Waals surface area contributed by atoms with Crippen LogP contribution in [0.1, 0.15) is 43.1 Å². The van der Waals surface area contributed by atoms with E-state index in [4.69, 9.17) is 5.73 Å². The summed E-state index contributed by atoms with van der Waals surface area (Å²) in [4.78, 5) is 13.6. The summed E-state index contributed by atoms with van der Waals surface area (Å²) in [6, 6.07) is 4.28. The van der Waals surface area contributed by atoms with Gasteiger partial charge in [-0.25, -0.2) is 4.79 Å². The van der Waals surface area contributed by atoms with E-state index in [9.17, 15) is 4.79 Å². The van der Waals surface area contributed by atoms with Gasteiger partial charge in [0.15, 0.2) is 11.5 Å². The minimum Gasteiger partial charge on any atom is -0.464 e. The van der Waals surface area contributed by atoms with Gasteiger partial charge in [0.1, 0.15) is 0 Å². The first-order valence-electron chi connectivity index (χ1n) is 7.10. The Morgan fingerprint density at radius 3 is 2.55 bits per heavy atom. The van der Waals surface area contributed by atoms with Crippen LogP contribution in [0.4, 0.5) is 5.82 Å². The molecule has 0 aromatic carbocycles. The molecule has 1 fully saturated rings. The largest absolute Gasteiger partial charge is 0.464 e. The highest BCUT2D eigenvalue weighted by Gasteiger charge is 2.24. The van der Waals surface area contributed by atoms with Gasteiger partial charge >= 0.3 is 5.97 Å². The summed E-state index contributed by atoms with van der Waals surface area (Å²) in [5.74, 6) is 0.344. The van der Waals surface area contributed by atoms with Crippen molar-refractivity contribution in [3.05, 3.63) is 17.8 Å². The summed E-state index contributed by atoms with van der Waals surface area (Å²) in [5, 5.41) is 8.09. The second-order valence-electron chi connectivity index (χ2n) is 5.12. The predicted octanol–water partition coefficient (Wildman–Crippen LogP) is 1.36. The lowest BCUT2D eigenvalue weighted by Gasteiger charge is -2.35. The third-order valence-electron chi connectivity index (χ3n) is 3.86. The zero-order valence-corrected chi connectivity index (χ0v) is 12.1. The predicted molar refractivity (Wildman–Crippen MR) is 76.6 cm³/mol. The molecule has 6 heteroatoms. The Labute approximate surface area is 119 Å². The molecule has 6 nitrogen and oxygen atoms in total. The van der Waals surface area contributed by atoms with Gasteiger partial charge < -0.3 is 15.4 Å². The molecule has 1 aliphatic rings. The zero-order chi connectivity index (χ0) is 14.5. The highest BCUT2D eigenvalue weighted by molar-refractivity contribution is 5.86. The second-order valence-corrected chi connectivity index (χ2v) is 5.12. The Bertz CT molecular complexity index is 441. The summed E-state index contributed by atoms with van der Waals surface area (Å²) in [6.45, 7) is 2.97. The number of carbonyl (C=O) groups excluding carboxylic acids is 1. The number of nitrogens with zero attached hydrogens (tertiary/aromatic N) is 3. The zero-order valence-electron chi connectivity index (χ0n) is 12.1. The molecular weight excluding hydrogens is 256 g/mol. The van der Waals surface area contributed by atoms with Crippen LogP contribution in [0.25, 0.3) is 0 Å². The molecule has 1 aromatic rings. The molecule has 0 saturated heterocycles. The highest BCUT2D eigenvalue weighted by Crippen LogP contribution is 2.25. The molecule has 20 heavy (non-hydrogen) atoms. The van der Waals surface area contributed by atoms with Gasteiger partial charge in [0.25, 0.3) is 0 Å². The standard InChI is InChI=1S/C14H22N4O2/c1-3-18(11-6-4-10(15)5-7-11)13-9-8-12(16-17-13)14(19)20-2/h8-11H,3-7,15H2,1-2H3. The van der Waals surface area contributed by atoms with Crippen molar-refractivity contribution in [2.24, 2.45) is 5.73 Å². The quantitative estimate of drug-likeness (QED) is 0.837. The van der Waals surface area contributed by atoms with Crippen molar-refractivity contribution < 1.29 is 9.53 Å². The average molecular weight is 278 g/mol. The first-order chi connectivity index (χ1) is 9.65. The summed E-state index contributed by atoms with van der Waals surface area (Å²) in [7, 11) is 1.33. The maximum Gasteiger partial charge on any atom is 0.358 e. The Balaban J connectivity index is 2.09. The smallest absolute Gasteiger partial charge is 0.358 e. The first-order valence-corrected chi connectivity index (χ1v) is 7.10. The van der Waals surface area contributed by atoms with Crippen molar-refractivity contribution in [1.29, 1.82) is 0 Å². The lowest BCUT2D eigenvalue weighted by molar-refractivity contribution is 0.0592. The number of ether oxygens (including phenoxy) is 1.